The molecular weight excluding hydrogens is 604 g/mol. The Balaban J connectivity index is 1.77. The van der Waals surface area contributed by atoms with Gasteiger partial charge in [0.1, 0.15) is 6.10 Å². The van der Waals surface area contributed by atoms with Gasteiger partial charge in [-0.3, -0.25) is 23.9 Å². The van der Waals surface area contributed by atoms with Gasteiger partial charge in [0, 0.05) is 27.7 Å². The van der Waals surface area contributed by atoms with Crippen molar-refractivity contribution in [2.24, 2.45) is 0 Å². The summed E-state index contributed by atoms with van der Waals surface area (Å²) in [5.41, 5.74) is 1.43. The van der Waals surface area contributed by atoms with Crippen LogP contribution in [0, 0.1) is 0 Å². The maximum Gasteiger partial charge on any atom is 0.375 e. The molecule has 2 saturated heterocycles. The van der Waals surface area contributed by atoms with E-state index in [1.54, 1.807) is 37.3 Å². The summed E-state index contributed by atoms with van der Waals surface area (Å²) in [6.45, 7) is 7.57. The van der Waals surface area contributed by atoms with Gasteiger partial charge in [0.15, 0.2) is 18.3 Å². The third kappa shape index (κ3) is 8.16. The minimum atomic E-state index is -2.60. The molecule has 8 atom stereocenters. The van der Waals surface area contributed by atoms with Gasteiger partial charge in [-0.1, -0.05) is 60.7 Å². The lowest BCUT2D eigenvalue weighted by molar-refractivity contribution is -0.413. The summed E-state index contributed by atoms with van der Waals surface area (Å²) in [4.78, 5) is 62.3. The van der Waals surface area contributed by atoms with Crippen molar-refractivity contribution >= 4 is 42.0 Å². The van der Waals surface area contributed by atoms with E-state index in [2.05, 4.69) is 0 Å². The molecule has 4 rings (SSSR count). The average molecular weight is 641 g/mol. The maximum atomic E-state index is 14.0. The molecule has 13 nitrogen and oxygen atoms in total. The van der Waals surface area contributed by atoms with Crippen LogP contribution in [0.5, 0.6) is 0 Å². The van der Waals surface area contributed by atoms with Gasteiger partial charge >= 0.3 is 35.8 Å². The normalized spacial score (nSPS) is 28.8. The van der Waals surface area contributed by atoms with Crippen LogP contribution >= 0.6 is 0 Å². The van der Waals surface area contributed by atoms with E-state index in [9.17, 15) is 24.0 Å². The van der Waals surface area contributed by atoms with Crippen LogP contribution in [0.15, 0.2) is 54.6 Å². The molecule has 0 amide bonds. The first-order valence-electron chi connectivity index (χ1n) is 14.5. The Hall–Kier alpha value is -4.59. The van der Waals surface area contributed by atoms with Crippen LogP contribution in [0.2, 0.25) is 0 Å². The summed E-state index contributed by atoms with van der Waals surface area (Å²) >= 11 is 0. The Morgan fingerprint density at radius 2 is 1.24 bits per heavy atom. The second kappa shape index (κ2) is 14.7. The lowest BCUT2D eigenvalue weighted by Gasteiger charge is -2.35. The molecule has 2 aromatic rings. The number of hydrogen-bond donors (Lipinski definition) is 0. The largest absolute Gasteiger partial charge is 0.456 e. The van der Waals surface area contributed by atoms with Crippen molar-refractivity contribution in [2.45, 2.75) is 90.4 Å². The molecule has 2 fully saturated rings. The Bertz CT molecular complexity index is 1470. The molecule has 46 heavy (non-hydrogen) atoms. The SMILES string of the molecule is CC(=O)O[C@H]1[C@H](C)OC(OC2(OC(=O)c3ccccc3C=Cc3ccccc3)O[C@H](C)[C@@H](OC(C)=O)[C@H]2OC(C)=O)[C@H]1OC(C)=O. The van der Waals surface area contributed by atoms with E-state index in [0.29, 0.717) is 5.56 Å². The second-order valence-electron chi connectivity index (χ2n) is 10.7. The van der Waals surface area contributed by atoms with Crippen LogP contribution in [-0.4, -0.2) is 78.7 Å². The fraction of sp³-hybridized carbons (Fsp3) is 0.424. The van der Waals surface area contributed by atoms with Crippen LogP contribution in [0.1, 0.15) is 63.0 Å². The van der Waals surface area contributed by atoms with Gasteiger partial charge in [-0.05, 0) is 31.0 Å². The van der Waals surface area contributed by atoms with E-state index in [4.69, 9.17) is 37.9 Å². The topological polar surface area (TPSA) is 159 Å². The third-order valence-electron chi connectivity index (χ3n) is 7.01. The monoisotopic (exact) mass is 640 g/mol. The molecule has 0 saturated carbocycles. The fourth-order valence-electron chi connectivity index (χ4n) is 5.19. The maximum absolute atomic E-state index is 14.0. The molecular formula is C33H36O13. The minimum absolute atomic E-state index is 0.0847. The lowest BCUT2D eigenvalue weighted by Crippen LogP contribution is -2.55. The van der Waals surface area contributed by atoms with Gasteiger partial charge in [0.25, 0.3) is 0 Å². The Labute approximate surface area is 265 Å². The van der Waals surface area contributed by atoms with Gasteiger partial charge in [-0.2, -0.15) is 0 Å². The Morgan fingerprint density at radius 3 is 1.87 bits per heavy atom. The van der Waals surface area contributed by atoms with Gasteiger partial charge in [0.2, 0.25) is 12.4 Å². The van der Waals surface area contributed by atoms with Crippen molar-refractivity contribution in [1.82, 2.24) is 0 Å². The summed E-state index contributed by atoms with van der Waals surface area (Å²) < 4.78 is 45.7. The van der Waals surface area contributed by atoms with Gasteiger partial charge in [-0.25, -0.2) is 4.79 Å². The summed E-state index contributed by atoms with van der Waals surface area (Å²) in [5, 5.41) is 0. The molecule has 2 heterocycles. The molecule has 13 heteroatoms. The molecule has 246 valence electrons. The summed E-state index contributed by atoms with van der Waals surface area (Å²) in [5.74, 6) is -6.59. The van der Waals surface area contributed by atoms with Gasteiger partial charge in [0.05, 0.1) is 11.7 Å². The van der Waals surface area contributed by atoms with Crippen LogP contribution in [0.25, 0.3) is 12.2 Å². The minimum Gasteiger partial charge on any atom is -0.456 e. The van der Waals surface area contributed by atoms with Crippen LogP contribution < -0.4 is 0 Å². The summed E-state index contributed by atoms with van der Waals surface area (Å²) in [6, 6.07) is 15.9. The zero-order valence-corrected chi connectivity index (χ0v) is 26.2. The standard InChI is InChI=1S/C33H36O13/c1-18-27(40-20(3)34)29(42-22(5)36)32(39-18)46-33(30(43-23(6)37)28(19(2)44-33)41-21(4)35)45-31(38)26-15-11-10-14-25(26)17-16-24-12-8-7-9-13-24/h7-19,27-30,32H,1-6H3/t18-,19+,27-,28+,29-,30+,32?,33?/m0/s1. The smallest absolute Gasteiger partial charge is 0.375 e. The molecule has 0 radical (unpaired) electrons. The van der Waals surface area contributed by atoms with E-state index in [0.717, 1.165) is 26.3 Å². The summed E-state index contributed by atoms with van der Waals surface area (Å²) in [7, 11) is 0. The predicted molar refractivity (Wildman–Crippen MR) is 158 cm³/mol. The predicted octanol–water partition coefficient (Wildman–Crippen LogP) is 3.57. The Morgan fingerprint density at radius 1 is 0.674 bits per heavy atom. The first kappa shape index (κ1) is 34.3. The van der Waals surface area contributed by atoms with E-state index in [1.165, 1.54) is 19.9 Å². The van der Waals surface area contributed by atoms with Crippen molar-refractivity contribution in [1.29, 1.82) is 0 Å². The van der Waals surface area contributed by atoms with Gasteiger partial charge < -0.3 is 33.2 Å². The van der Waals surface area contributed by atoms with Crippen molar-refractivity contribution in [2.75, 3.05) is 0 Å². The molecule has 2 aliphatic rings. The first-order valence-corrected chi connectivity index (χ1v) is 14.5. The first-order chi connectivity index (χ1) is 21.8. The zero-order valence-electron chi connectivity index (χ0n) is 26.2. The van der Waals surface area contributed by atoms with E-state index in [1.807, 2.05) is 30.3 Å². The number of rotatable bonds is 10. The van der Waals surface area contributed by atoms with Gasteiger partial charge in [-0.15, -0.1) is 0 Å². The van der Waals surface area contributed by atoms with Crippen molar-refractivity contribution in [3.8, 4) is 0 Å². The zero-order chi connectivity index (χ0) is 33.6. The second-order valence-corrected chi connectivity index (χ2v) is 10.7. The number of hydrogen-bond acceptors (Lipinski definition) is 13. The number of carbonyl (C=O) groups excluding carboxylic acids is 5. The van der Waals surface area contributed by atoms with Crippen molar-refractivity contribution in [3.63, 3.8) is 0 Å². The van der Waals surface area contributed by atoms with Crippen molar-refractivity contribution in [3.05, 3.63) is 71.3 Å². The highest BCUT2D eigenvalue weighted by atomic mass is 16.9. The average Bonchev–Trinajstić information content (AvgIpc) is 3.38. The third-order valence-corrected chi connectivity index (χ3v) is 7.01. The highest BCUT2D eigenvalue weighted by molar-refractivity contribution is 5.95. The van der Waals surface area contributed by atoms with E-state index >= 15 is 0 Å². The molecule has 0 spiro atoms. The number of benzene rings is 2. The molecule has 2 aliphatic heterocycles. The van der Waals surface area contributed by atoms with Crippen molar-refractivity contribution < 1.29 is 61.9 Å². The molecule has 0 N–H and O–H groups in total. The highest BCUT2D eigenvalue weighted by Gasteiger charge is 2.65. The number of carbonyl (C=O) groups is 5. The molecule has 0 bridgehead atoms. The molecule has 2 aromatic carbocycles. The number of ether oxygens (including phenoxy) is 8. The molecule has 2 unspecified atom stereocenters. The molecule has 0 aliphatic carbocycles. The Kier molecular flexibility index (Phi) is 10.9. The number of esters is 5. The van der Waals surface area contributed by atoms with Crippen LogP contribution in [0.4, 0.5) is 0 Å². The van der Waals surface area contributed by atoms with Crippen LogP contribution in [-0.2, 0) is 57.1 Å². The summed E-state index contributed by atoms with van der Waals surface area (Å²) in [6.07, 6.45) is -5.46. The lowest BCUT2D eigenvalue weighted by atomic mass is 10.1. The highest BCUT2D eigenvalue weighted by Crippen LogP contribution is 2.42. The molecule has 0 aromatic heterocycles. The van der Waals surface area contributed by atoms with E-state index in [-0.39, 0.29) is 5.56 Å². The quantitative estimate of drug-likeness (QED) is 0.161. The van der Waals surface area contributed by atoms with E-state index < -0.39 is 78.7 Å². The fourth-order valence-corrected chi connectivity index (χ4v) is 5.19. The van der Waals surface area contributed by atoms with Crippen LogP contribution in [0.3, 0.4) is 0 Å².